The molecule has 0 bridgehead atoms. The van der Waals surface area contributed by atoms with Gasteiger partial charge in [0, 0.05) is 19.6 Å². The Kier molecular flexibility index (Phi) is 4.27. The number of nitrogens with two attached hydrogens (primary N) is 1. The third-order valence-electron chi connectivity index (χ3n) is 2.45. The van der Waals surface area contributed by atoms with Crippen molar-refractivity contribution in [3.8, 4) is 6.07 Å². The summed E-state index contributed by atoms with van der Waals surface area (Å²) < 4.78 is 0. The molecule has 4 heteroatoms. The predicted molar refractivity (Wildman–Crippen MR) is 64.9 cm³/mol. The minimum Gasteiger partial charge on any atom is -0.372 e. The number of anilines is 1. The van der Waals surface area contributed by atoms with Gasteiger partial charge in [-0.25, -0.2) is 0 Å². The smallest absolute Gasteiger partial charge is 0.0671 e. The minimum atomic E-state index is -0.0441. The van der Waals surface area contributed by atoms with Gasteiger partial charge in [0.2, 0.25) is 0 Å². The summed E-state index contributed by atoms with van der Waals surface area (Å²) in [4.78, 5) is 6.30. The quantitative estimate of drug-likeness (QED) is 0.835. The van der Waals surface area contributed by atoms with Gasteiger partial charge in [0.05, 0.1) is 29.6 Å². The molecular weight excluding hydrogens is 200 g/mol. The molecule has 0 saturated carbocycles. The lowest BCUT2D eigenvalue weighted by Crippen LogP contribution is -2.23. The maximum Gasteiger partial charge on any atom is 0.0671 e. The molecule has 1 aromatic heterocycles. The second-order valence-corrected chi connectivity index (χ2v) is 4.14. The van der Waals surface area contributed by atoms with Crippen molar-refractivity contribution in [1.29, 1.82) is 5.26 Å². The fraction of sp³-hybridized carbons (Fsp3) is 0.500. The average Bonchev–Trinajstić information content (AvgIpc) is 2.28. The second-order valence-electron chi connectivity index (χ2n) is 4.14. The van der Waals surface area contributed by atoms with E-state index in [2.05, 4.69) is 11.1 Å². The van der Waals surface area contributed by atoms with Crippen LogP contribution in [0.1, 0.15) is 25.6 Å². The SMILES string of the molecule is CC(C#N)CN(C)c1ccc(C(C)N)nc1. The summed E-state index contributed by atoms with van der Waals surface area (Å²) in [6.45, 7) is 4.51. The summed E-state index contributed by atoms with van der Waals surface area (Å²) in [7, 11) is 1.95. The number of rotatable bonds is 4. The summed E-state index contributed by atoms with van der Waals surface area (Å²) in [6, 6.07) is 6.08. The topological polar surface area (TPSA) is 65.9 Å². The van der Waals surface area contributed by atoms with Crippen molar-refractivity contribution < 1.29 is 0 Å². The number of hydrogen-bond donors (Lipinski definition) is 1. The van der Waals surface area contributed by atoms with Gasteiger partial charge < -0.3 is 10.6 Å². The van der Waals surface area contributed by atoms with Gasteiger partial charge >= 0.3 is 0 Å². The number of nitriles is 1. The Hall–Kier alpha value is -1.60. The van der Waals surface area contributed by atoms with E-state index in [1.165, 1.54) is 0 Å². The maximum atomic E-state index is 8.74. The van der Waals surface area contributed by atoms with Gasteiger partial charge in [0.25, 0.3) is 0 Å². The van der Waals surface area contributed by atoms with Crippen molar-refractivity contribution in [2.75, 3.05) is 18.5 Å². The van der Waals surface area contributed by atoms with E-state index >= 15 is 0 Å². The molecule has 1 rings (SSSR count). The highest BCUT2D eigenvalue weighted by atomic mass is 15.1. The Labute approximate surface area is 96.7 Å². The van der Waals surface area contributed by atoms with E-state index in [-0.39, 0.29) is 12.0 Å². The molecule has 0 aliphatic heterocycles. The molecule has 0 aliphatic carbocycles. The molecule has 0 fully saturated rings. The normalized spacial score (nSPS) is 13.9. The van der Waals surface area contributed by atoms with Crippen molar-refractivity contribution in [3.05, 3.63) is 24.0 Å². The molecule has 0 aromatic carbocycles. The number of aromatic nitrogens is 1. The van der Waals surface area contributed by atoms with Crippen LogP contribution in [-0.2, 0) is 0 Å². The van der Waals surface area contributed by atoms with E-state index < -0.39 is 0 Å². The first-order chi connectivity index (χ1) is 7.54. The van der Waals surface area contributed by atoms with E-state index in [0.717, 1.165) is 11.4 Å². The first-order valence-corrected chi connectivity index (χ1v) is 5.37. The molecule has 16 heavy (non-hydrogen) atoms. The predicted octanol–water partition coefficient (Wildman–Crippen LogP) is 1.70. The summed E-state index contributed by atoms with van der Waals surface area (Å²) in [5.41, 5.74) is 7.61. The Bertz CT molecular complexity index is 364. The first-order valence-electron chi connectivity index (χ1n) is 5.37. The molecule has 4 nitrogen and oxygen atoms in total. The minimum absolute atomic E-state index is 0.0121. The van der Waals surface area contributed by atoms with Crippen LogP contribution in [0.3, 0.4) is 0 Å². The zero-order valence-electron chi connectivity index (χ0n) is 10.0. The van der Waals surface area contributed by atoms with E-state index in [9.17, 15) is 0 Å². The van der Waals surface area contributed by atoms with Crippen LogP contribution in [0.25, 0.3) is 0 Å². The van der Waals surface area contributed by atoms with Gasteiger partial charge in [-0.15, -0.1) is 0 Å². The number of hydrogen-bond acceptors (Lipinski definition) is 4. The molecule has 0 aliphatic rings. The van der Waals surface area contributed by atoms with Crippen LogP contribution < -0.4 is 10.6 Å². The Morgan fingerprint density at radius 3 is 2.62 bits per heavy atom. The third kappa shape index (κ3) is 3.21. The number of nitrogens with zero attached hydrogens (tertiary/aromatic N) is 3. The Balaban J connectivity index is 2.71. The lowest BCUT2D eigenvalue weighted by Gasteiger charge is -2.20. The van der Waals surface area contributed by atoms with E-state index in [0.29, 0.717) is 6.54 Å². The van der Waals surface area contributed by atoms with Crippen molar-refractivity contribution in [2.45, 2.75) is 19.9 Å². The summed E-state index contributed by atoms with van der Waals surface area (Å²) >= 11 is 0. The van der Waals surface area contributed by atoms with Crippen LogP contribution in [0.5, 0.6) is 0 Å². The largest absolute Gasteiger partial charge is 0.372 e. The van der Waals surface area contributed by atoms with Gasteiger partial charge in [0.15, 0.2) is 0 Å². The molecule has 2 unspecified atom stereocenters. The summed E-state index contributed by atoms with van der Waals surface area (Å²) in [5, 5.41) is 8.74. The fourth-order valence-corrected chi connectivity index (χ4v) is 1.45. The van der Waals surface area contributed by atoms with Crippen molar-refractivity contribution in [2.24, 2.45) is 11.7 Å². The van der Waals surface area contributed by atoms with Crippen LogP contribution in [0.4, 0.5) is 5.69 Å². The fourth-order valence-electron chi connectivity index (χ4n) is 1.45. The third-order valence-corrected chi connectivity index (χ3v) is 2.45. The van der Waals surface area contributed by atoms with Gasteiger partial charge in [-0.05, 0) is 26.0 Å². The molecule has 0 amide bonds. The zero-order valence-corrected chi connectivity index (χ0v) is 10.0. The van der Waals surface area contributed by atoms with E-state index in [1.54, 1.807) is 6.20 Å². The molecule has 1 aromatic rings. The standard InChI is InChI=1S/C12H18N4/c1-9(6-13)8-16(3)11-4-5-12(10(2)14)15-7-11/h4-5,7,9-10H,8,14H2,1-3H3. The lowest BCUT2D eigenvalue weighted by molar-refractivity contribution is 0.713. The van der Waals surface area contributed by atoms with Crippen molar-refractivity contribution >= 4 is 5.69 Å². The van der Waals surface area contributed by atoms with E-state index in [4.69, 9.17) is 11.0 Å². The van der Waals surface area contributed by atoms with Crippen LogP contribution in [0, 0.1) is 17.2 Å². The molecule has 0 spiro atoms. The molecule has 86 valence electrons. The zero-order chi connectivity index (χ0) is 12.1. The first kappa shape index (κ1) is 12.5. The van der Waals surface area contributed by atoms with Gasteiger partial charge in [0.1, 0.15) is 0 Å². The second kappa shape index (κ2) is 5.47. The van der Waals surface area contributed by atoms with Crippen molar-refractivity contribution in [1.82, 2.24) is 4.98 Å². The lowest BCUT2D eigenvalue weighted by atomic mass is 10.2. The number of pyridine rings is 1. The van der Waals surface area contributed by atoms with Crippen LogP contribution in [-0.4, -0.2) is 18.6 Å². The highest BCUT2D eigenvalue weighted by molar-refractivity contribution is 5.44. The molecular formula is C12H18N4. The maximum absolute atomic E-state index is 8.74. The summed E-state index contributed by atoms with van der Waals surface area (Å²) in [5.74, 6) is 0.0121. The Morgan fingerprint density at radius 2 is 2.19 bits per heavy atom. The van der Waals surface area contributed by atoms with Gasteiger partial charge in [-0.2, -0.15) is 5.26 Å². The summed E-state index contributed by atoms with van der Waals surface area (Å²) in [6.07, 6.45) is 1.79. The van der Waals surface area contributed by atoms with E-state index in [1.807, 2.05) is 37.9 Å². The average molecular weight is 218 g/mol. The monoisotopic (exact) mass is 218 g/mol. The van der Waals surface area contributed by atoms with Crippen LogP contribution in [0.2, 0.25) is 0 Å². The molecule has 2 atom stereocenters. The molecule has 1 heterocycles. The molecule has 2 N–H and O–H groups in total. The highest BCUT2D eigenvalue weighted by Gasteiger charge is 2.07. The molecule has 0 saturated heterocycles. The molecule has 0 radical (unpaired) electrons. The highest BCUT2D eigenvalue weighted by Crippen LogP contribution is 2.15. The van der Waals surface area contributed by atoms with Gasteiger partial charge in [-0.3, -0.25) is 4.98 Å². The van der Waals surface area contributed by atoms with Gasteiger partial charge in [-0.1, -0.05) is 0 Å². The van der Waals surface area contributed by atoms with Crippen LogP contribution >= 0.6 is 0 Å². The Morgan fingerprint density at radius 1 is 1.50 bits per heavy atom. The van der Waals surface area contributed by atoms with Crippen molar-refractivity contribution in [3.63, 3.8) is 0 Å². The van der Waals surface area contributed by atoms with Crippen LogP contribution in [0.15, 0.2) is 18.3 Å².